The van der Waals surface area contributed by atoms with E-state index in [0.717, 1.165) is 30.4 Å². The van der Waals surface area contributed by atoms with Crippen LogP contribution in [0, 0.1) is 17.0 Å². The Bertz CT molecular complexity index is 1010. The molecule has 1 aliphatic carbocycles. The van der Waals surface area contributed by atoms with E-state index in [0.29, 0.717) is 29.0 Å². The number of nitro groups is 1. The number of ketones is 1. The Morgan fingerprint density at radius 1 is 1.10 bits per heavy atom. The van der Waals surface area contributed by atoms with Crippen LogP contribution >= 0.6 is 11.6 Å². The van der Waals surface area contributed by atoms with E-state index in [1.54, 1.807) is 18.2 Å². The lowest BCUT2D eigenvalue weighted by molar-refractivity contribution is -0.384. The van der Waals surface area contributed by atoms with Gasteiger partial charge in [-0.25, -0.2) is 0 Å². The number of carbonyl (C=O) groups is 2. The van der Waals surface area contributed by atoms with Gasteiger partial charge in [-0.05, 0) is 73.6 Å². The second-order valence-electron chi connectivity index (χ2n) is 7.77. The van der Waals surface area contributed by atoms with Crippen LogP contribution in [0.2, 0.25) is 5.02 Å². The van der Waals surface area contributed by atoms with Crippen molar-refractivity contribution in [3.05, 3.63) is 62.7 Å². The van der Waals surface area contributed by atoms with Crippen LogP contribution in [0.3, 0.4) is 0 Å². The molecular weight excluding hydrogens is 394 g/mol. The topological polar surface area (TPSA) is 86.5 Å². The molecule has 0 N–H and O–H groups in total. The van der Waals surface area contributed by atoms with E-state index in [1.807, 2.05) is 13.0 Å². The summed E-state index contributed by atoms with van der Waals surface area (Å²) in [6.45, 7) is 1.83. The van der Waals surface area contributed by atoms with E-state index in [1.165, 1.54) is 12.1 Å². The van der Waals surface area contributed by atoms with Gasteiger partial charge in [-0.15, -0.1) is 0 Å². The third-order valence-electron chi connectivity index (χ3n) is 5.96. The van der Waals surface area contributed by atoms with Gasteiger partial charge >= 0.3 is 5.97 Å². The fourth-order valence-corrected chi connectivity index (χ4v) is 4.68. The summed E-state index contributed by atoms with van der Waals surface area (Å²) in [4.78, 5) is 36.2. The Kier molecular flexibility index (Phi) is 4.90. The van der Waals surface area contributed by atoms with Gasteiger partial charge in [0, 0.05) is 22.7 Å². The third-order valence-corrected chi connectivity index (χ3v) is 6.27. The largest absolute Gasteiger partial charge is 0.450 e. The van der Waals surface area contributed by atoms with Crippen molar-refractivity contribution in [1.29, 1.82) is 0 Å². The molecule has 1 spiro atoms. The zero-order valence-corrected chi connectivity index (χ0v) is 16.7. The molecule has 2 fully saturated rings. The number of hydrogen-bond acceptors (Lipinski definition) is 5. The number of hydrogen-bond donors (Lipinski definition) is 0. The van der Waals surface area contributed by atoms with Gasteiger partial charge in [-0.2, -0.15) is 0 Å². The first-order valence-electron chi connectivity index (χ1n) is 9.64. The van der Waals surface area contributed by atoms with Crippen LogP contribution in [0.15, 0.2) is 36.4 Å². The lowest BCUT2D eigenvalue weighted by Crippen LogP contribution is -2.39. The van der Waals surface area contributed by atoms with Gasteiger partial charge in [0.15, 0.2) is 11.4 Å². The Morgan fingerprint density at radius 2 is 1.76 bits per heavy atom. The van der Waals surface area contributed by atoms with Crippen LogP contribution in [0.5, 0.6) is 0 Å². The van der Waals surface area contributed by atoms with Crippen molar-refractivity contribution in [2.75, 3.05) is 0 Å². The summed E-state index contributed by atoms with van der Waals surface area (Å²) >= 11 is 6.49. The van der Waals surface area contributed by atoms with Gasteiger partial charge in [0.25, 0.3) is 5.69 Å². The highest BCUT2D eigenvalue weighted by molar-refractivity contribution is 6.33. The monoisotopic (exact) mass is 413 g/mol. The zero-order valence-electron chi connectivity index (χ0n) is 15.9. The maximum Gasteiger partial charge on any atom is 0.322 e. The van der Waals surface area contributed by atoms with Crippen molar-refractivity contribution in [2.45, 2.75) is 50.5 Å². The minimum Gasteiger partial charge on any atom is -0.450 e. The second-order valence-corrected chi connectivity index (χ2v) is 8.17. The molecule has 0 amide bonds. The summed E-state index contributed by atoms with van der Waals surface area (Å²) in [6, 6.07) is 9.55. The zero-order chi connectivity index (χ0) is 20.8. The smallest absolute Gasteiger partial charge is 0.322 e. The van der Waals surface area contributed by atoms with Crippen molar-refractivity contribution in [3.63, 3.8) is 0 Å². The first-order valence-corrected chi connectivity index (χ1v) is 10.0. The summed E-state index contributed by atoms with van der Waals surface area (Å²) in [5.41, 5.74) is 1.75. The first kappa shape index (κ1) is 19.6. The van der Waals surface area contributed by atoms with Gasteiger partial charge in [0.05, 0.1) is 4.92 Å². The Labute approximate surface area is 173 Å². The molecule has 1 atom stereocenters. The average molecular weight is 414 g/mol. The molecule has 2 aliphatic rings. The molecule has 1 heterocycles. The fourth-order valence-electron chi connectivity index (χ4n) is 4.40. The number of rotatable bonds is 3. The molecule has 2 aromatic carbocycles. The summed E-state index contributed by atoms with van der Waals surface area (Å²) in [5, 5.41) is 11.2. The standard InChI is InChI=1S/C22H20ClNO5/c1-13-11-17(14-5-7-15(8-6-14)24(27)28)18(23)12-16(13)19-20(25)22(29-21(19)26)9-3-2-4-10-22/h5-8,11-12,19H,2-4,9-10H2,1H3. The number of Topliss-reactive ketones (excluding diaryl/α,β-unsaturated/α-hetero) is 1. The molecule has 1 saturated carbocycles. The number of benzene rings is 2. The maximum absolute atomic E-state index is 13.2. The van der Waals surface area contributed by atoms with Crippen molar-refractivity contribution in [2.24, 2.45) is 0 Å². The number of non-ortho nitro benzene ring substituents is 1. The predicted molar refractivity (Wildman–Crippen MR) is 108 cm³/mol. The van der Waals surface area contributed by atoms with E-state index < -0.39 is 22.4 Å². The van der Waals surface area contributed by atoms with Gasteiger partial charge in [0.2, 0.25) is 0 Å². The summed E-state index contributed by atoms with van der Waals surface area (Å²) in [5.74, 6) is -1.61. The summed E-state index contributed by atoms with van der Waals surface area (Å²) < 4.78 is 5.62. The lowest BCUT2D eigenvalue weighted by atomic mass is 9.77. The van der Waals surface area contributed by atoms with Gasteiger partial charge in [-0.3, -0.25) is 19.7 Å². The molecule has 2 aromatic rings. The van der Waals surface area contributed by atoms with Gasteiger partial charge < -0.3 is 4.74 Å². The molecule has 0 bridgehead atoms. The van der Waals surface area contributed by atoms with Crippen LogP contribution in [0.1, 0.15) is 49.1 Å². The Morgan fingerprint density at radius 3 is 2.38 bits per heavy atom. The molecular formula is C22H20ClNO5. The number of nitro benzene ring substituents is 1. The van der Waals surface area contributed by atoms with E-state index in [9.17, 15) is 19.7 Å². The Hall–Kier alpha value is -2.73. The predicted octanol–water partition coefficient (Wildman–Crippen LogP) is 5.14. The highest BCUT2D eigenvalue weighted by Gasteiger charge is 2.55. The molecule has 7 heteroatoms. The molecule has 0 radical (unpaired) electrons. The van der Waals surface area contributed by atoms with Gasteiger partial charge in [0.1, 0.15) is 5.92 Å². The van der Waals surface area contributed by atoms with Crippen molar-refractivity contribution < 1.29 is 19.2 Å². The van der Waals surface area contributed by atoms with E-state index >= 15 is 0 Å². The van der Waals surface area contributed by atoms with E-state index in [4.69, 9.17) is 16.3 Å². The number of ether oxygens (including phenoxy) is 1. The lowest BCUT2D eigenvalue weighted by Gasteiger charge is -2.29. The van der Waals surface area contributed by atoms with Crippen molar-refractivity contribution in [3.8, 4) is 11.1 Å². The number of carbonyl (C=O) groups excluding carboxylic acids is 2. The van der Waals surface area contributed by atoms with Crippen molar-refractivity contribution in [1.82, 2.24) is 0 Å². The average Bonchev–Trinajstić information content (AvgIpc) is 2.93. The van der Waals surface area contributed by atoms with E-state index in [-0.39, 0.29) is 11.5 Å². The maximum atomic E-state index is 13.2. The first-order chi connectivity index (χ1) is 13.8. The Balaban J connectivity index is 1.69. The highest BCUT2D eigenvalue weighted by atomic mass is 35.5. The summed E-state index contributed by atoms with van der Waals surface area (Å²) in [7, 11) is 0. The van der Waals surface area contributed by atoms with Crippen LogP contribution in [-0.4, -0.2) is 22.3 Å². The molecule has 1 saturated heterocycles. The van der Waals surface area contributed by atoms with Crippen LogP contribution < -0.4 is 0 Å². The minimum absolute atomic E-state index is 0.00436. The third kappa shape index (κ3) is 3.31. The molecule has 29 heavy (non-hydrogen) atoms. The summed E-state index contributed by atoms with van der Waals surface area (Å²) in [6.07, 6.45) is 3.98. The van der Waals surface area contributed by atoms with Crippen LogP contribution in [0.25, 0.3) is 11.1 Å². The number of esters is 1. The molecule has 150 valence electrons. The number of halogens is 1. The molecule has 6 nitrogen and oxygen atoms in total. The number of nitrogens with zero attached hydrogens (tertiary/aromatic N) is 1. The molecule has 4 rings (SSSR count). The van der Waals surface area contributed by atoms with E-state index in [2.05, 4.69) is 0 Å². The van der Waals surface area contributed by atoms with Crippen LogP contribution in [0.4, 0.5) is 5.69 Å². The molecule has 1 unspecified atom stereocenters. The van der Waals surface area contributed by atoms with Gasteiger partial charge in [-0.1, -0.05) is 18.0 Å². The molecule has 1 aliphatic heterocycles. The molecule has 0 aromatic heterocycles. The SMILES string of the molecule is Cc1cc(-c2ccc([N+](=O)[O-])cc2)c(Cl)cc1C1C(=O)OC2(CCCCC2)C1=O. The fraction of sp³-hybridized carbons (Fsp3) is 0.364. The highest BCUT2D eigenvalue weighted by Crippen LogP contribution is 2.45. The number of aryl methyl sites for hydroxylation is 1. The second kappa shape index (κ2) is 7.26. The quantitative estimate of drug-likeness (QED) is 0.301. The van der Waals surface area contributed by atoms with Crippen LogP contribution in [-0.2, 0) is 14.3 Å². The normalized spacial score (nSPS) is 20.7. The van der Waals surface area contributed by atoms with Crippen molar-refractivity contribution >= 4 is 29.0 Å². The minimum atomic E-state index is -0.976.